The zero-order valence-electron chi connectivity index (χ0n) is 34.3. The van der Waals surface area contributed by atoms with Crippen LogP contribution in [0.1, 0.15) is 103 Å². The number of benzene rings is 4. The number of aromatic nitrogens is 3. The number of pyridine rings is 2. The van der Waals surface area contributed by atoms with E-state index >= 15 is 0 Å². The van der Waals surface area contributed by atoms with Gasteiger partial charge in [-0.25, -0.2) is 9.97 Å². The number of hydrogen-bond donors (Lipinski definition) is 0. The monoisotopic (exact) mass is 931 g/mol. The first kappa shape index (κ1) is 38.7. The minimum absolute atomic E-state index is 0. The van der Waals surface area contributed by atoms with Gasteiger partial charge in [0.1, 0.15) is 17.2 Å². The standard InChI is InChI=1S/C50H48N4O2.Pt/c1-30(2)35-21-19-33(53-46-39(15-13-25-51-46)50(9,10)45-38-26-31(48(3,4)5)17-23-42(38)56-47(45)53)27-43(35)55-34-20-22-37-36-14-11-12-16-40(36)54(41(37)28-34)44-24-18-32(29-52-44)49(6,7)8;/h11-26,29-30H,1-10H3;/q-2;+2. The first-order valence-corrected chi connectivity index (χ1v) is 19.6. The zero-order valence-corrected chi connectivity index (χ0v) is 36.6. The van der Waals surface area contributed by atoms with Crippen molar-refractivity contribution in [3.63, 3.8) is 0 Å². The van der Waals surface area contributed by atoms with Gasteiger partial charge >= 0.3 is 21.1 Å². The van der Waals surface area contributed by atoms with Crippen LogP contribution in [0.15, 0.2) is 108 Å². The van der Waals surface area contributed by atoms with E-state index in [2.05, 4.69) is 170 Å². The van der Waals surface area contributed by atoms with E-state index in [0.29, 0.717) is 11.5 Å². The molecule has 4 aromatic heterocycles. The number of para-hydroxylation sites is 1. The Morgan fingerprint density at radius 1 is 0.754 bits per heavy atom. The van der Waals surface area contributed by atoms with Crippen LogP contribution in [0, 0.1) is 12.1 Å². The largest absolute Gasteiger partial charge is 2.00 e. The molecule has 0 saturated carbocycles. The summed E-state index contributed by atoms with van der Waals surface area (Å²) in [6.07, 6.45) is 3.83. The van der Waals surface area contributed by atoms with Gasteiger partial charge in [0.2, 0.25) is 5.88 Å². The van der Waals surface area contributed by atoms with Crippen LogP contribution in [0.2, 0.25) is 0 Å². The van der Waals surface area contributed by atoms with Crippen molar-refractivity contribution in [1.82, 2.24) is 14.5 Å². The van der Waals surface area contributed by atoms with Crippen LogP contribution in [0.25, 0.3) is 38.6 Å². The number of nitrogens with zero attached hydrogens (tertiary/aromatic N) is 4. The van der Waals surface area contributed by atoms with Gasteiger partial charge in [-0.05, 0) is 57.7 Å². The van der Waals surface area contributed by atoms with E-state index in [1.807, 2.05) is 24.5 Å². The Labute approximate surface area is 350 Å². The van der Waals surface area contributed by atoms with E-state index in [1.165, 1.54) is 11.1 Å². The normalized spacial score (nSPS) is 13.9. The average Bonchev–Trinajstić information content (AvgIpc) is 3.70. The van der Waals surface area contributed by atoms with Gasteiger partial charge < -0.3 is 13.7 Å². The molecule has 0 amide bonds. The number of fused-ring (bicyclic) bond motifs is 7. The van der Waals surface area contributed by atoms with Crippen LogP contribution < -0.4 is 9.64 Å². The summed E-state index contributed by atoms with van der Waals surface area (Å²) >= 11 is 0. The summed E-state index contributed by atoms with van der Waals surface area (Å²) in [7, 11) is 0. The van der Waals surface area contributed by atoms with Crippen molar-refractivity contribution in [2.45, 2.75) is 91.4 Å². The predicted octanol–water partition coefficient (Wildman–Crippen LogP) is 13.5. The Kier molecular flexibility index (Phi) is 9.32. The zero-order chi connectivity index (χ0) is 39.3. The van der Waals surface area contributed by atoms with Crippen molar-refractivity contribution in [3.05, 3.63) is 143 Å². The molecule has 0 unspecified atom stereocenters. The van der Waals surface area contributed by atoms with Crippen LogP contribution in [-0.2, 0) is 37.3 Å². The summed E-state index contributed by atoms with van der Waals surface area (Å²) in [6.45, 7) is 22.3. The molecule has 6 nitrogen and oxygen atoms in total. The fraction of sp³-hybridized carbons (Fsp3) is 0.280. The Morgan fingerprint density at radius 3 is 2.23 bits per heavy atom. The third-order valence-electron chi connectivity index (χ3n) is 11.4. The van der Waals surface area contributed by atoms with Gasteiger partial charge in [0.25, 0.3) is 0 Å². The smallest absolute Gasteiger partial charge is 0.509 e. The molecule has 0 atom stereocenters. The number of rotatable bonds is 5. The van der Waals surface area contributed by atoms with E-state index in [4.69, 9.17) is 19.1 Å². The summed E-state index contributed by atoms with van der Waals surface area (Å²) in [5.41, 5.74) is 8.99. The molecule has 1 aliphatic heterocycles. The molecule has 1 aliphatic rings. The molecule has 9 rings (SSSR count). The van der Waals surface area contributed by atoms with Gasteiger partial charge in [-0.3, -0.25) is 4.90 Å². The van der Waals surface area contributed by atoms with Gasteiger partial charge in [-0.15, -0.1) is 35.2 Å². The average molecular weight is 932 g/mol. The fourth-order valence-electron chi connectivity index (χ4n) is 8.22. The molecular formula is C50H48N4O2Pt. The molecule has 290 valence electrons. The van der Waals surface area contributed by atoms with Crippen molar-refractivity contribution in [3.8, 4) is 17.3 Å². The molecule has 0 spiro atoms. The van der Waals surface area contributed by atoms with E-state index in [-0.39, 0.29) is 43.2 Å². The summed E-state index contributed by atoms with van der Waals surface area (Å²) < 4.78 is 15.9. The third-order valence-corrected chi connectivity index (χ3v) is 11.4. The number of ether oxygens (including phenoxy) is 1. The maximum absolute atomic E-state index is 6.87. The van der Waals surface area contributed by atoms with Crippen molar-refractivity contribution >= 4 is 50.2 Å². The van der Waals surface area contributed by atoms with Crippen LogP contribution in [0.5, 0.6) is 11.5 Å². The molecule has 5 heterocycles. The minimum atomic E-state index is -0.362. The maximum Gasteiger partial charge on any atom is 2.00 e. The van der Waals surface area contributed by atoms with Crippen LogP contribution in [0.4, 0.5) is 17.4 Å². The van der Waals surface area contributed by atoms with Gasteiger partial charge in [0, 0.05) is 51.3 Å². The molecule has 8 aromatic rings. The molecule has 0 fully saturated rings. The topological polar surface area (TPSA) is 56.3 Å². The molecule has 0 N–H and O–H groups in total. The summed E-state index contributed by atoms with van der Waals surface area (Å²) in [6, 6.07) is 39.2. The van der Waals surface area contributed by atoms with Gasteiger partial charge in [0.05, 0.1) is 0 Å². The van der Waals surface area contributed by atoms with Crippen LogP contribution in [0.3, 0.4) is 0 Å². The SMILES string of the molecule is CC(C)c1ccc(N2c3ncccc3C(C)(C)c3c2oc2ccc(C(C)(C)C)cc32)[c-]c1Oc1[c-]c2c(cc1)c1ccccc1n2-c1ccc(C(C)(C)C)cn1.[Pt+2]. The molecule has 57 heavy (non-hydrogen) atoms. The van der Waals surface area contributed by atoms with Gasteiger partial charge in [-0.2, -0.15) is 12.1 Å². The Bertz CT molecular complexity index is 2810. The van der Waals surface area contributed by atoms with Crippen molar-refractivity contribution < 1.29 is 30.2 Å². The molecule has 0 bridgehead atoms. The maximum atomic E-state index is 6.87. The Balaban J connectivity index is 0.00000455. The van der Waals surface area contributed by atoms with Crippen molar-refractivity contribution in [1.29, 1.82) is 0 Å². The fourth-order valence-corrected chi connectivity index (χ4v) is 8.22. The summed E-state index contributed by atoms with van der Waals surface area (Å²) in [5, 5.41) is 3.34. The third kappa shape index (κ3) is 6.37. The molecule has 0 aliphatic carbocycles. The molecule has 0 saturated heterocycles. The first-order valence-electron chi connectivity index (χ1n) is 19.6. The number of hydrogen-bond acceptors (Lipinski definition) is 5. The Morgan fingerprint density at radius 2 is 1.51 bits per heavy atom. The predicted molar refractivity (Wildman–Crippen MR) is 229 cm³/mol. The van der Waals surface area contributed by atoms with Gasteiger partial charge in [0.15, 0.2) is 0 Å². The summed E-state index contributed by atoms with van der Waals surface area (Å²) in [5.74, 6) is 3.83. The Hall–Kier alpha value is -5.19. The van der Waals surface area contributed by atoms with Gasteiger partial charge in [-0.1, -0.05) is 123 Å². The van der Waals surface area contributed by atoms with Crippen LogP contribution >= 0.6 is 0 Å². The van der Waals surface area contributed by atoms with E-state index in [1.54, 1.807) is 0 Å². The first-order chi connectivity index (χ1) is 26.6. The molecular weight excluding hydrogens is 884 g/mol. The molecule has 7 heteroatoms. The summed E-state index contributed by atoms with van der Waals surface area (Å²) in [4.78, 5) is 12.0. The second-order valence-corrected chi connectivity index (χ2v) is 18.1. The minimum Gasteiger partial charge on any atom is -0.509 e. The second kappa shape index (κ2) is 13.7. The van der Waals surface area contributed by atoms with E-state index in [9.17, 15) is 0 Å². The van der Waals surface area contributed by atoms with E-state index in [0.717, 1.165) is 72.7 Å². The van der Waals surface area contributed by atoms with Crippen molar-refractivity contribution in [2.75, 3.05) is 4.90 Å². The van der Waals surface area contributed by atoms with Crippen LogP contribution in [-0.4, -0.2) is 14.5 Å². The van der Waals surface area contributed by atoms with E-state index < -0.39 is 0 Å². The number of anilines is 3. The number of furan rings is 1. The van der Waals surface area contributed by atoms with Crippen molar-refractivity contribution in [2.24, 2.45) is 0 Å². The quantitative estimate of drug-likeness (QED) is 0.161. The second-order valence-electron chi connectivity index (χ2n) is 18.1. The molecule has 0 radical (unpaired) electrons. The molecule has 4 aromatic carbocycles.